The molecule has 0 saturated carbocycles. The Kier molecular flexibility index (Phi) is 11.2. The highest BCUT2D eigenvalue weighted by molar-refractivity contribution is 7.97. The van der Waals surface area contributed by atoms with Crippen LogP contribution in [0, 0.1) is 0 Å². The van der Waals surface area contributed by atoms with Crippen molar-refractivity contribution in [3.8, 4) is 0 Å². The molecule has 1 saturated heterocycles. The van der Waals surface area contributed by atoms with Gasteiger partial charge < -0.3 is 4.55 Å². The van der Waals surface area contributed by atoms with Crippen molar-refractivity contribution in [2.45, 2.75) is 75.1 Å². The van der Waals surface area contributed by atoms with Crippen molar-refractivity contribution in [2.24, 2.45) is 0 Å². The Morgan fingerprint density at radius 3 is 1.74 bits per heavy atom. The molecule has 0 unspecified atom stereocenters. The average Bonchev–Trinajstić information content (AvgIpc) is 3.10. The second-order valence-electron chi connectivity index (χ2n) is 6.84. The van der Waals surface area contributed by atoms with Gasteiger partial charge in [-0.2, -0.15) is 39.5 Å². The number of ketones is 1. The van der Waals surface area contributed by atoms with Crippen molar-refractivity contribution >= 4 is 26.8 Å². The summed E-state index contributed by atoms with van der Waals surface area (Å²) >= 11 is 0. The minimum Gasteiger partial charge on any atom is -0.743 e. The Morgan fingerprint density at radius 1 is 0.871 bits per heavy atom. The molecule has 15 heteroatoms. The lowest BCUT2D eigenvalue weighted by atomic mass is 10.1. The summed E-state index contributed by atoms with van der Waals surface area (Å²) in [6.07, 6.45) is 1.35. The van der Waals surface area contributed by atoms with E-state index in [2.05, 4.69) is 6.92 Å². The van der Waals surface area contributed by atoms with Gasteiger partial charge in [0.05, 0.1) is 0 Å². The Morgan fingerprint density at radius 2 is 1.35 bits per heavy atom. The molecular formula is C16H23F9O4S2. The normalized spacial score (nSPS) is 16.7. The fourth-order valence-electron chi connectivity index (χ4n) is 2.43. The molecule has 0 aromatic carbocycles. The summed E-state index contributed by atoms with van der Waals surface area (Å²) in [5.41, 5.74) is 0. The van der Waals surface area contributed by atoms with Gasteiger partial charge in [-0.25, -0.2) is 8.42 Å². The first-order valence-corrected chi connectivity index (χ1v) is 12.3. The summed E-state index contributed by atoms with van der Waals surface area (Å²) < 4.78 is 135. The van der Waals surface area contributed by atoms with E-state index in [-0.39, 0.29) is 0 Å². The molecule has 0 atom stereocenters. The van der Waals surface area contributed by atoms with E-state index < -0.39 is 33.4 Å². The maximum Gasteiger partial charge on any atom is 0.460 e. The molecule has 31 heavy (non-hydrogen) atoms. The maximum absolute atomic E-state index is 12.2. The lowest BCUT2D eigenvalue weighted by Gasteiger charge is -2.34. The molecule has 1 rings (SSSR count). The molecule has 1 heterocycles. The van der Waals surface area contributed by atoms with E-state index in [1.807, 2.05) is 0 Å². The summed E-state index contributed by atoms with van der Waals surface area (Å²) in [5.74, 6) is -10.7. The van der Waals surface area contributed by atoms with Crippen molar-refractivity contribution < 1.29 is 57.3 Å². The minimum atomic E-state index is -7.43. The van der Waals surface area contributed by atoms with E-state index >= 15 is 0 Å². The number of carbonyl (C=O) groups is 1. The van der Waals surface area contributed by atoms with Crippen LogP contribution in [0.15, 0.2) is 0 Å². The van der Waals surface area contributed by atoms with Gasteiger partial charge in [0.25, 0.3) is 0 Å². The number of unbranched alkanes of at least 4 members (excludes halogenated alkanes) is 3. The smallest absolute Gasteiger partial charge is 0.460 e. The van der Waals surface area contributed by atoms with Crippen LogP contribution in [0.25, 0.3) is 0 Å². The number of halogens is 9. The molecule has 0 spiro atoms. The largest absolute Gasteiger partial charge is 0.743 e. The average molecular weight is 514 g/mol. The van der Waals surface area contributed by atoms with Crippen LogP contribution in [0.1, 0.15) is 51.9 Å². The van der Waals surface area contributed by atoms with Gasteiger partial charge in [-0.15, -0.1) is 0 Å². The summed E-state index contributed by atoms with van der Waals surface area (Å²) in [7, 11) is -6.93. The van der Waals surface area contributed by atoms with Crippen LogP contribution in [-0.4, -0.2) is 59.3 Å². The van der Waals surface area contributed by atoms with Crippen molar-refractivity contribution in [1.82, 2.24) is 0 Å². The monoisotopic (exact) mass is 514 g/mol. The number of alkyl halides is 9. The summed E-state index contributed by atoms with van der Waals surface area (Å²) in [6, 6.07) is 0. The number of carbonyl (C=O) groups excluding carboxylic acids is 1. The highest BCUT2D eigenvalue weighted by Crippen LogP contribution is 2.54. The van der Waals surface area contributed by atoms with Crippen molar-refractivity contribution in [3.63, 3.8) is 0 Å². The standard InChI is InChI=1S/C12H23OS.C4HF9O3S/c1-2-3-4-5-8-12(13)11-14-9-6-7-10-14;5-1(6,3(9,10)11)2(7,8)4(12,13)17(14,15)16/h2-11H2,1H3;(H,14,15,16)/q+1;/p-1. The molecule has 0 N–H and O–H groups in total. The first-order chi connectivity index (χ1) is 13.8. The second-order valence-corrected chi connectivity index (χ2v) is 10.6. The number of Topliss-reactive ketones (excluding diaryl/α,β-unsaturated/α-hetero) is 1. The quantitative estimate of drug-likeness (QED) is 0.180. The van der Waals surface area contributed by atoms with Crippen LogP contribution in [-0.2, 0) is 25.8 Å². The SMILES string of the molecule is CCCCCCC(=O)C[S+]1CCCC1.O=S(=O)([O-])C(F)(F)C(F)(F)C(F)(F)C(F)(F)F. The van der Waals surface area contributed by atoms with Crippen LogP contribution in [0.5, 0.6) is 0 Å². The molecule has 0 bridgehead atoms. The van der Waals surface area contributed by atoms with Gasteiger partial charge in [0, 0.05) is 6.42 Å². The molecule has 0 radical (unpaired) electrons. The lowest BCUT2D eigenvalue weighted by Crippen LogP contribution is -2.63. The Labute approximate surface area is 177 Å². The van der Waals surface area contributed by atoms with Gasteiger partial charge in [0.2, 0.25) is 0 Å². The van der Waals surface area contributed by atoms with E-state index in [0.29, 0.717) is 16.7 Å². The van der Waals surface area contributed by atoms with E-state index in [1.54, 1.807) is 0 Å². The zero-order valence-corrected chi connectivity index (χ0v) is 18.1. The third-order valence-corrected chi connectivity index (χ3v) is 7.57. The molecule has 0 aromatic rings. The lowest BCUT2D eigenvalue weighted by molar-refractivity contribution is -0.382. The minimum absolute atomic E-state index is 0.486. The van der Waals surface area contributed by atoms with E-state index in [9.17, 15) is 57.3 Å². The predicted molar refractivity (Wildman–Crippen MR) is 95.6 cm³/mol. The zero-order valence-electron chi connectivity index (χ0n) is 16.4. The van der Waals surface area contributed by atoms with Gasteiger partial charge in [-0.3, -0.25) is 4.79 Å². The first kappa shape index (κ1) is 30.3. The molecule has 1 aliphatic rings. The summed E-state index contributed by atoms with van der Waals surface area (Å²) in [5, 5.41) is -7.11. The van der Waals surface area contributed by atoms with Crippen LogP contribution < -0.4 is 0 Å². The van der Waals surface area contributed by atoms with Crippen LogP contribution in [0.4, 0.5) is 39.5 Å². The van der Waals surface area contributed by atoms with E-state index in [4.69, 9.17) is 0 Å². The zero-order chi connectivity index (χ0) is 24.7. The van der Waals surface area contributed by atoms with Crippen LogP contribution >= 0.6 is 0 Å². The fourth-order valence-corrected chi connectivity index (χ4v) is 5.18. The van der Waals surface area contributed by atoms with Gasteiger partial charge in [0.1, 0.15) is 11.5 Å². The maximum atomic E-state index is 12.2. The molecule has 4 nitrogen and oxygen atoms in total. The Hall–Kier alpha value is -0.700. The first-order valence-electron chi connectivity index (χ1n) is 9.14. The number of hydrogen-bond donors (Lipinski definition) is 0. The molecule has 1 fully saturated rings. The van der Waals surface area contributed by atoms with Crippen LogP contribution in [0.2, 0.25) is 0 Å². The van der Waals surface area contributed by atoms with Gasteiger partial charge >= 0.3 is 23.3 Å². The molecule has 0 amide bonds. The van der Waals surface area contributed by atoms with Crippen LogP contribution in [0.3, 0.4) is 0 Å². The Balaban J connectivity index is 0.000000590. The van der Waals surface area contributed by atoms with E-state index in [0.717, 1.165) is 18.6 Å². The molecule has 0 aliphatic carbocycles. The third kappa shape index (κ3) is 7.98. The predicted octanol–water partition coefficient (Wildman–Crippen LogP) is 4.90. The molecule has 186 valence electrons. The topological polar surface area (TPSA) is 74.3 Å². The molecule has 0 aromatic heterocycles. The highest BCUT2D eigenvalue weighted by Gasteiger charge is 2.83. The van der Waals surface area contributed by atoms with Crippen molar-refractivity contribution in [3.05, 3.63) is 0 Å². The van der Waals surface area contributed by atoms with Gasteiger partial charge in [-0.1, -0.05) is 26.2 Å². The summed E-state index contributed by atoms with van der Waals surface area (Å²) in [4.78, 5) is 11.6. The highest BCUT2D eigenvalue weighted by atomic mass is 32.2. The third-order valence-electron chi connectivity index (χ3n) is 4.22. The number of rotatable bonds is 10. The summed E-state index contributed by atoms with van der Waals surface area (Å²) in [6.45, 7) is 2.21. The van der Waals surface area contributed by atoms with Crippen molar-refractivity contribution in [1.29, 1.82) is 0 Å². The number of hydrogen-bond acceptors (Lipinski definition) is 4. The van der Waals surface area contributed by atoms with Gasteiger partial charge in [0.15, 0.2) is 21.7 Å². The van der Waals surface area contributed by atoms with Crippen molar-refractivity contribution in [2.75, 3.05) is 17.3 Å². The fraction of sp³-hybridized carbons (Fsp3) is 0.938. The second kappa shape index (κ2) is 11.4. The molecule has 1 aliphatic heterocycles. The Bertz CT molecular complexity index is 673. The molecular weight excluding hydrogens is 491 g/mol. The van der Waals surface area contributed by atoms with E-state index in [1.165, 1.54) is 43.6 Å². The van der Waals surface area contributed by atoms with Gasteiger partial charge in [-0.05, 0) is 30.2 Å².